The van der Waals surface area contributed by atoms with E-state index in [-0.39, 0.29) is 0 Å². The van der Waals surface area contributed by atoms with Gasteiger partial charge in [-0.2, -0.15) is 0 Å². The van der Waals surface area contributed by atoms with Crippen LogP contribution in [0.3, 0.4) is 0 Å². The maximum atomic E-state index is 11.6. The van der Waals surface area contributed by atoms with E-state index in [1.165, 1.54) is 32.1 Å². The van der Waals surface area contributed by atoms with Crippen LogP contribution in [0.25, 0.3) is 0 Å². The van der Waals surface area contributed by atoms with Crippen molar-refractivity contribution in [3.63, 3.8) is 0 Å². The van der Waals surface area contributed by atoms with Gasteiger partial charge in [0.1, 0.15) is 0 Å². The van der Waals surface area contributed by atoms with Gasteiger partial charge in [-0.1, -0.05) is 49.6 Å². The molecule has 1 aromatic carbocycles. The second-order valence-corrected chi connectivity index (χ2v) is 7.09. The van der Waals surface area contributed by atoms with Crippen LogP contribution in [0.15, 0.2) is 35.3 Å². The normalized spacial score (nSPS) is 22.6. The molecule has 0 saturated heterocycles. The molecule has 2 N–H and O–H groups in total. The molecule has 1 atom stereocenters. The highest BCUT2D eigenvalue weighted by molar-refractivity contribution is 5.82. The number of nitrogens with zero attached hydrogens (tertiary/aromatic N) is 1. The Hall–Kier alpha value is -1.35. The summed E-state index contributed by atoms with van der Waals surface area (Å²) >= 11 is 0. The Morgan fingerprint density at radius 2 is 1.83 bits per heavy atom. The Balaban J connectivity index is 1.76. The molecule has 1 unspecified atom stereocenters. The molecule has 126 valence electrons. The van der Waals surface area contributed by atoms with Crippen molar-refractivity contribution in [1.29, 1.82) is 0 Å². The second kappa shape index (κ2) is 7.96. The SMILES string of the molecule is OC(CCC1=NCCCCN1)(c1ccccc1)C1CCCCC1. The van der Waals surface area contributed by atoms with Crippen molar-refractivity contribution >= 4 is 5.84 Å². The summed E-state index contributed by atoms with van der Waals surface area (Å²) in [5.74, 6) is 1.47. The lowest BCUT2D eigenvalue weighted by Crippen LogP contribution is -2.38. The van der Waals surface area contributed by atoms with Crippen molar-refractivity contribution in [2.45, 2.75) is 63.4 Å². The van der Waals surface area contributed by atoms with Gasteiger partial charge in [0.15, 0.2) is 0 Å². The van der Waals surface area contributed by atoms with Gasteiger partial charge in [0.05, 0.1) is 11.4 Å². The summed E-state index contributed by atoms with van der Waals surface area (Å²) in [6.45, 7) is 1.95. The summed E-state index contributed by atoms with van der Waals surface area (Å²) in [6, 6.07) is 10.3. The third-order valence-electron chi connectivity index (χ3n) is 5.51. The highest BCUT2D eigenvalue weighted by Gasteiger charge is 2.38. The Morgan fingerprint density at radius 1 is 1.04 bits per heavy atom. The van der Waals surface area contributed by atoms with E-state index < -0.39 is 5.60 Å². The quantitative estimate of drug-likeness (QED) is 0.862. The zero-order valence-corrected chi connectivity index (χ0v) is 14.1. The van der Waals surface area contributed by atoms with Crippen molar-refractivity contribution in [3.8, 4) is 0 Å². The predicted molar refractivity (Wildman–Crippen MR) is 95.7 cm³/mol. The van der Waals surface area contributed by atoms with Crippen LogP contribution >= 0.6 is 0 Å². The number of hydrogen-bond donors (Lipinski definition) is 2. The van der Waals surface area contributed by atoms with Gasteiger partial charge in [-0.05, 0) is 43.6 Å². The summed E-state index contributed by atoms with van der Waals surface area (Å²) in [6.07, 6.45) is 10.1. The molecule has 1 aromatic rings. The van der Waals surface area contributed by atoms with E-state index in [1.54, 1.807) is 0 Å². The standard InChI is InChI=1S/C20H30N2O/c23-20(17-9-3-1-4-10-17,18-11-5-2-6-12-18)14-13-19-21-15-7-8-16-22-19/h1,3-4,9-10,18,23H,2,5-8,11-16H2,(H,21,22). The monoisotopic (exact) mass is 314 g/mol. The van der Waals surface area contributed by atoms with Crippen LogP contribution in [0, 0.1) is 5.92 Å². The summed E-state index contributed by atoms with van der Waals surface area (Å²) < 4.78 is 0. The average Bonchev–Trinajstić information content (AvgIpc) is 2.90. The van der Waals surface area contributed by atoms with Crippen LogP contribution in [0.2, 0.25) is 0 Å². The first kappa shape index (κ1) is 16.5. The van der Waals surface area contributed by atoms with Gasteiger partial charge < -0.3 is 10.4 Å². The van der Waals surface area contributed by atoms with Crippen molar-refractivity contribution in [2.75, 3.05) is 13.1 Å². The fourth-order valence-corrected chi connectivity index (χ4v) is 4.11. The minimum atomic E-state index is -0.710. The first-order valence-corrected chi connectivity index (χ1v) is 9.34. The van der Waals surface area contributed by atoms with Crippen molar-refractivity contribution in [3.05, 3.63) is 35.9 Å². The molecule has 0 bridgehead atoms. The molecule has 3 nitrogen and oxygen atoms in total. The second-order valence-electron chi connectivity index (χ2n) is 7.09. The fraction of sp³-hybridized carbons (Fsp3) is 0.650. The van der Waals surface area contributed by atoms with E-state index >= 15 is 0 Å². The molecule has 3 heteroatoms. The Kier molecular flexibility index (Phi) is 5.71. The third-order valence-corrected chi connectivity index (χ3v) is 5.51. The van der Waals surface area contributed by atoms with E-state index in [9.17, 15) is 5.11 Å². The number of amidine groups is 1. The number of aliphatic hydroxyl groups is 1. The number of rotatable bonds is 5. The lowest BCUT2D eigenvalue weighted by molar-refractivity contribution is -0.0446. The van der Waals surface area contributed by atoms with Crippen molar-refractivity contribution < 1.29 is 5.11 Å². The minimum absolute atomic E-state index is 0.380. The molecule has 0 aromatic heterocycles. The first-order chi connectivity index (χ1) is 11.3. The molecule has 1 aliphatic carbocycles. The van der Waals surface area contributed by atoms with E-state index in [1.807, 2.05) is 18.2 Å². The highest BCUT2D eigenvalue weighted by atomic mass is 16.3. The molecule has 1 saturated carbocycles. The number of nitrogens with one attached hydrogen (secondary N) is 1. The molecule has 1 aliphatic heterocycles. The van der Waals surface area contributed by atoms with E-state index in [0.717, 1.165) is 50.2 Å². The van der Waals surface area contributed by atoms with Gasteiger partial charge in [-0.15, -0.1) is 0 Å². The molecule has 0 radical (unpaired) electrons. The maximum absolute atomic E-state index is 11.6. The zero-order valence-electron chi connectivity index (χ0n) is 14.1. The molecular formula is C20H30N2O. The molecule has 2 aliphatic rings. The third kappa shape index (κ3) is 4.14. The molecule has 0 spiro atoms. The predicted octanol–water partition coefficient (Wildman–Crippen LogP) is 4.02. The molecule has 3 rings (SSSR count). The van der Waals surface area contributed by atoms with Crippen LogP contribution in [0.4, 0.5) is 0 Å². The molecular weight excluding hydrogens is 284 g/mol. The molecule has 23 heavy (non-hydrogen) atoms. The van der Waals surface area contributed by atoms with Gasteiger partial charge in [-0.3, -0.25) is 4.99 Å². The van der Waals surface area contributed by atoms with Crippen LogP contribution < -0.4 is 5.32 Å². The molecule has 0 amide bonds. The van der Waals surface area contributed by atoms with Gasteiger partial charge in [-0.25, -0.2) is 0 Å². The van der Waals surface area contributed by atoms with Gasteiger partial charge in [0, 0.05) is 19.5 Å². The number of benzene rings is 1. The summed E-state index contributed by atoms with van der Waals surface area (Å²) in [4.78, 5) is 4.66. The average molecular weight is 314 g/mol. The van der Waals surface area contributed by atoms with Crippen molar-refractivity contribution in [1.82, 2.24) is 5.32 Å². The Labute approximate surface area is 140 Å². The van der Waals surface area contributed by atoms with Crippen LogP contribution in [-0.2, 0) is 5.60 Å². The van der Waals surface area contributed by atoms with Gasteiger partial charge in [0.25, 0.3) is 0 Å². The topological polar surface area (TPSA) is 44.6 Å². The Bertz CT molecular complexity index is 508. The van der Waals surface area contributed by atoms with Crippen LogP contribution in [0.1, 0.15) is 63.4 Å². The maximum Gasteiger partial charge on any atom is 0.0964 e. The molecule has 1 fully saturated rings. The summed E-state index contributed by atoms with van der Waals surface area (Å²) in [7, 11) is 0. The first-order valence-electron chi connectivity index (χ1n) is 9.34. The van der Waals surface area contributed by atoms with E-state index in [4.69, 9.17) is 0 Å². The molecule has 1 heterocycles. The Morgan fingerprint density at radius 3 is 2.61 bits per heavy atom. The van der Waals surface area contributed by atoms with Gasteiger partial charge in [0.2, 0.25) is 0 Å². The number of aliphatic imine (C=N–C) groups is 1. The van der Waals surface area contributed by atoms with Gasteiger partial charge >= 0.3 is 0 Å². The summed E-state index contributed by atoms with van der Waals surface area (Å²) in [5, 5.41) is 15.1. The van der Waals surface area contributed by atoms with Crippen LogP contribution in [-0.4, -0.2) is 24.0 Å². The van der Waals surface area contributed by atoms with Crippen molar-refractivity contribution in [2.24, 2.45) is 10.9 Å². The van der Waals surface area contributed by atoms with E-state index in [0.29, 0.717) is 5.92 Å². The zero-order chi connectivity index (χ0) is 16.0. The number of hydrogen-bond acceptors (Lipinski definition) is 3. The lowest BCUT2D eigenvalue weighted by Gasteiger charge is -2.39. The fourth-order valence-electron chi connectivity index (χ4n) is 4.11. The van der Waals surface area contributed by atoms with Crippen LogP contribution in [0.5, 0.6) is 0 Å². The largest absolute Gasteiger partial charge is 0.385 e. The van der Waals surface area contributed by atoms with E-state index in [2.05, 4.69) is 22.4 Å². The minimum Gasteiger partial charge on any atom is -0.385 e. The smallest absolute Gasteiger partial charge is 0.0964 e. The highest BCUT2D eigenvalue weighted by Crippen LogP contribution is 2.42. The summed E-state index contributed by atoms with van der Waals surface area (Å²) in [5.41, 5.74) is 0.374. The lowest BCUT2D eigenvalue weighted by atomic mass is 9.71.